The Balaban J connectivity index is 1.25. The summed E-state index contributed by atoms with van der Waals surface area (Å²) in [6, 6.07) is 16.4. The fraction of sp³-hybridized carbons (Fsp3) is 0.632. The third-order valence-electron chi connectivity index (χ3n) is 8.91. The van der Waals surface area contributed by atoms with E-state index in [9.17, 15) is 9.59 Å². The van der Waals surface area contributed by atoms with Gasteiger partial charge in [-0.1, -0.05) is 120 Å². The molecule has 254 valence electrons. The topological polar surface area (TPSA) is 89.5 Å². The predicted molar refractivity (Wildman–Crippen MR) is 176 cm³/mol. The summed E-state index contributed by atoms with van der Waals surface area (Å²) in [5.74, 6) is 0.146. The highest BCUT2D eigenvalue weighted by molar-refractivity contribution is 5.85. The van der Waals surface area contributed by atoms with Crippen LogP contribution in [0.15, 0.2) is 48.5 Å². The minimum atomic E-state index is -1.38. The molecule has 8 nitrogen and oxygen atoms in total. The van der Waals surface area contributed by atoms with E-state index < -0.39 is 30.4 Å². The van der Waals surface area contributed by atoms with Crippen molar-refractivity contribution in [3.8, 4) is 11.1 Å². The zero-order chi connectivity index (χ0) is 32.9. The maximum absolute atomic E-state index is 12.6. The Morgan fingerprint density at radius 3 is 1.59 bits per heavy atom. The first-order valence-electron chi connectivity index (χ1n) is 17.5. The van der Waals surface area contributed by atoms with E-state index in [0.29, 0.717) is 5.56 Å². The Bertz CT molecular complexity index is 1150. The van der Waals surface area contributed by atoms with Crippen LogP contribution in [0, 0.1) is 11.8 Å². The Hall–Kier alpha value is -2.78. The van der Waals surface area contributed by atoms with Gasteiger partial charge in [0.1, 0.15) is 0 Å². The quantitative estimate of drug-likeness (QED) is 0.0964. The molecule has 0 aromatic heterocycles. The molecule has 4 rings (SSSR count). The first-order valence-corrected chi connectivity index (χ1v) is 17.5. The fourth-order valence-corrected chi connectivity index (χ4v) is 6.29. The second-order valence-electron chi connectivity index (χ2n) is 13.5. The van der Waals surface area contributed by atoms with Gasteiger partial charge in [-0.05, 0) is 69.1 Å². The summed E-state index contributed by atoms with van der Waals surface area (Å²) in [5.41, 5.74) is 4.17. The first-order chi connectivity index (χ1) is 22.2. The first kappa shape index (κ1) is 36.1. The lowest BCUT2D eigenvalue weighted by Gasteiger charge is -2.28. The number of unbranched alkanes of at least 4 members (excludes halogenated alkanes) is 3. The maximum atomic E-state index is 12.6. The molecule has 2 fully saturated rings. The van der Waals surface area contributed by atoms with Gasteiger partial charge in [-0.25, -0.2) is 9.59 Å². The van der Waals surface area contributed by atoms with E-state index in [1.54, 1.807) is 27.7 Å². The summed E-state index contributed by atoms with van der Waals surface area (Å²) in [5, 5.41) is 0. The van der Waals surface area contributed by atoms with Crippen molar-refractivity contribution in [3.05, 3.63) is 59.7 Å². The summed E-state index contributed by atoms with van der Waals surface area (Å²) in [6.07, 6.45) is 11.9. The van der Waals surface area contributed by atoms with Crippen LogP contribution in [0.4, 0.5) is 0 Å². The van der Waals surface area contributed by atoms with Gasteiger partial charge in [0.2, 0.25) is 0 Å². The van der Waals surface area contributed by atoms with Crippen LogP contribution in [-0.2, 0) is 45.0 Å². The molecule has 1 heterocycles. The molecule has 1 saturated carbocycles. The van der Waals surface area contributed by atoms with Gasteiger partial charge in [0.15, 0.2) is 18.5 Å². The van der Waals surface area contributed by atoms with Crippen molar-refractivity contribution in [1.29, 1.82) is 0 Å². The minimum absolute atomic E-state index is 0.363. The van der Waals surface area contributed by atoms with Crippen molar-refractivity contribution >= 4 is 11.9 Å². The summed E-state index contributed by atoms with van der Waals surface area (Å²) in [7, 11) is 0. The molecule has 2 aliphatic rings. The number of ether oxygens (including phenoxy) is 2. The van der Waals surface area contributed by atoms with E-state index in [4.69, 9.17) is 29.0 Å². The number of carbonyl (C=O) groups excluding carboxylic acids is 2. The Kier molecular flexibility index (Phi) is 14.5. The molecule has 1 aliphatic heterocycles. The van der Waals surface area contributed by atoms with Gasteiger partial charge in [-0.2, -0.15) is 9.78 Å². The van der Waals surface area contributed by atoms with Crippen molar-refractivity contribution < 1.29 is 38.6 Å². The highest BCUT2D eigenvalue weighted by atomic mass is 17.2. The summed E-state index contributed by atoms with van der Waals surface area (Å²) in [6.45, 7) is 9.13. The Labute approximate surface area is 275 Å². The van der Waals surface area contributed by atoms with Crippen molar-refractivity contribution in [2.45, 2.75) is 142 Å². The predicted octanol–water partition coefficient (Wildman–Crippen LogP) is 9.00. The third kappa shape index (κ3) is 11.2. The minimum Gasteiger partial charge on any atom is -0.330 e. The van der Waals surface area contributed by atoms with E-state index >= 15 is 0 Å². The molecule has 1 saturated heterocycles. The fourth-order valence-electron chi connectivity index (χ4n) is 6.29. The lowest BCUT2D eigenvalue weighted by Crippen LogP contribution is -2.40. The summed E-state index contributed by atoms with van der Waals surface area (Å²) >= 11 is 0. The van der Waals surface area contributed by atoms with Gasteiger partial charge in [-0.3, -0.25) is 9.78 Å². The van der Waals surface area contributed by atoms with Crippen LogP contribution < -0.4 is 0 Å². The lowest BCUT2D eigenvalue weighted by molar-refractivity contribution is -0.303. The van der Waals surface area contributed by atoms with Gasteiger partial charge in [0, 0.05) is 5.56 Å². The smallest absolute Gasteiger partial charge is 0.330 e. The summed E-state index contributed by atoms with van der Waals surface area (Å²) < 4.78 is 11.6. The normalized spacial score (nSPS) is 22.0. The summed E-state index contributed by atoms with van der Waals surface area (Å²) in [4.78, 5) is 44.9. The molecule has 0 bridgehead atoms. The second-order valence-corrected chi connectivity index (χ2v) is 13.5. The number of benzene rings is 2. The molecule has 2 aromatic rings. The van der Waals surface area contributed by atoms with Gasteiger partial charge >= 0.3 is 11.9 Å². The van der Waals surface area contributed by atoms with E-state index in [2.05, 4.69) is 31.2 Å². The molecule has 46 heavy (non-hydrogen) atoms. The van der Waals surface area contributed by atoms with Gasteiger partial charge in [-0.15, -0.1) is 0 Å². The highest BCUT2D eigenvalue weighted by Crippen LogP contribution is 2.36. The third-order valence-corrected chi connectivity index (χ3v) is 8.91. The zero-order valence-corrected chi connectivity index (χ0v) is 28.4. The Morgan fingerprint density at radius 1 is 0.674 bits per heavy atom. The van der Waals surface area contributed by atoms with E-state index in [1.165, 1.54) is 76.2 Å². The molecule has 2 aromatic carbocycles. The monoisotopic (exact) mass is 638 g/mol. The second kappa shape index (κ2) is 18.5. The Morgan fingerprint density at radius 2 is 1.13 bits per heavy atom. The maximum Gasteiger partial charge on any atom is 0.374 e. The van der Waals surface area contributed by atoms with Crippen LogP contribution in [0.3, 0.4) is 0 Å². The van der Waals surface area contributed by atoms with E-state index in [0.717, 1.165) is 29.4 Å². The van der Waals surface area contributed by atoms with Crippen molar-refractivity contribution in [2.24, 2.45) is 11.8 Å². The van der Waals surface area contributed by atoms with E-state index in [1.807, 2.05) is 24.3 Å². The number of hydrogen-bond donors (Lipinski definition) is 0. The van der Waals surface area contributed by atoms with E-state index in [-0.39, 0.29) is 12.2 Å². The molecule has 0 amide bonds. The van der Waals surface area contributed by atoms with Crippen LogP contribution in [0.1, 0.15) is 123 Å². The van der Waals surface area contributed by atoms with Crippen molar-refractivity contribution in [1.82, 2.24) is 0 Å². The van der Waals surface area contributed by atoms with Crippen LogP contribution in [0.5, 0.6) is 0 Å². The lowest BCUT2D eigenvalue weighted by atomic mass is 9.78. The largest absolute Gasteiger partial charge is 0.374 e. The number of carbonyl (C=O) groups is 2. The average molecular weight is 639 g/mol. The SMILES string of the molecule is CCCCCC1CCC(CCCCc2ccc(-c3ccc(C4O[C@@H](C(=O)OOC(C)C)[C@H](C(=O)OOC(C)C)O4)cc3)cc2)CC1. The van der Waals surface area contributed by atoms with Crippen molar-refractivity contribution in [3.63, 3.8) is 0 Å². The van der Waals surface area contributed by atoms with Crippen LogP contribution >= 0.6 is 0 Å². The average Bonchev–Trinajstić information content (AvgIpc) is 3.51. The molecule has 0 unspecified atom stereocenters. The van der Waals surface area contributed by atoms with Gasteiger partial charge in [0.25, 0.3) is 0 Å². The zero-order valence-electron chi connectivity index (χ0n) is 28.4. The molecular weight excluding hydrogens is 584 g/mol. The molecule has 0 N–H and O–H groups in total. The highest BCUT2D eigenvalue weighted by Gasteiger charge is 2.49. The standard InChI is InChI=1S/C38H54O8/c1-6-7-8-11-28-14-16-29(17-15-28)12-9-10-13-30-18-20-31(21-19-30)32-22-24-33(25-23-32)38-41-34(36(39)45-43-26(2)3)35(42-38)37(40)46-44-27(4)5/h18-29,34-35,38H,6-17H2,1-5H3/t28?,29?,34-,35-/m1/s1. The van der Waals surface area contributed by atoms with Gasteiger partial charge < -0.3 is 9.47 Å². The van der Waals surface area contributed by atoms with Crippen LogP contribution in [0.25, 0.3) is 11.1 Å². The molecule has 8 heteroatoms. The number of rotatable bonds is 17. The van der Waals surface area contributed by atoms with Crippen molar-refractivity contribution in [2.75, 3.05) is 0 Å². The van der Waals surface area contributed by atoms with Crippen LogP contribution in [-0.4, -0.2) is 36.4 Å². The number of hydrogen-bond acceptors (Lipinski definition) is 8. The number of aryl methyl sites for hydroxylation is 1. The van der Waals surface area contributed by atoms with Gasteiger partial charge in [0.05, 0.1) is 12.2 Å². The molecule has 1 aliphatic carbocycles. The molecule has 0 radical (unpaired) electrons. The molecule has 2 atom stereocenters. The van der Waals surface area contributed by atoms with Crippen LogP contribution in [0.2, 0.25) is 0 Å². The molecular formula is C38H54O8. The molecule has 0 spiro atoms.